The van der Waals surface area contributed by atoms with Gasteiger partial charge in [-0.2, -0.15) is 0 Å². The summed E-state index contributed by atoms with van der Waals surface area (Å²) >= 11 is 7.35. The summed E-state index contributed by atoms with van der Waals surface area (Å²) in [6.45, 7) is 1.86. The Hall–Kier alpha value is -1.59. The molecule has 0 bridgehead atoms. The highest BCUT2D eigenvalue weighted by molar-refractivity contribution is 7.10. The smallest absolute Gasteiger partial charge is 0.333 e. The summed E-state index contributed by atoms with van der Waals surface area (Å²) in [6, 6.07) is 6.62. The third-order valence-corrected chi connectivity index (χ3v) is 3.85. The van der Waals surface area contributed by atoms with Gasteiger partial charge in [0.05, 0.1) is 23.2 Å². The predicted molar refractivity (Wildman–Crippen MR) is 76.7 cm³/mol. The number of methoxy groups -OCH3 is 1. The maximum atomic E-state index is 11.9. The summed E-state index contributed by atoms with van der Waals surface area (Å²) in [7, 11) is 1.37. The van der Waals surface area contributed by atoms with Crippen LogP contribution in [0.5, 0.6) is 0 Å². The number of aromatic nitrogens is 1. The fourth-order valence-electron chi connectivity index (χ4n) is 1.68. The Morgan fingerprint density at radius 2 is 2.32 bits per heavy atom. The molecule has 6 heteroatoms. The first-order valence-electron chi connectivity index (χ1n) is 5.61. The molecule has 19 heavy (non-hydrogen) atoms. The van der Waals surface area contributed by atoms with Crippen molar-refractivity contribution in [2.45, 2.75) is 13.0 Å². The maximum absolute atomic E-state index is 11.9. The van der Waals surface area contributed by atoms with Gasteiger partial charge in [-0.05, 0) is 25.1 Å². The SMILES string of the molecule is COC(=O)C(Nc1cccc(Cl)c1)c1scnc1C. The summed E-state index contributed by atoms with van der Waals surface area (Å²) in [5, 5.41) is 3.73. The zero-order chi connectivity index (χ0) is 13.8. The molecule has 0 fully saturated rings. The van der Waals surface area contributed by atoms with E-state index in [4.69, 9.17) is 16.3 Å². The Balaban J connectivity index is 2.29. The van der Waals surface area contributed by atoms with E-state index in [-0.39, 0.29) is 5.97 Å². The van der Waals surface area contributed by atoms with Crippen molar-refractivity contribution < 1.29 is 9.53 Å². The van der Waals surface area contributed by atoms with Gasteiger partial charge in [0.15, 0.2) is 6.04 Å². The van der Waals surface area contributed by atoms with Gasteiger partial charge in [-0.15, -0.1) is 11.3 Å². The molecule has 0 aliphatic heterocycles. The van der Waals surface area contributed by atoms with Gasteiger partial charge in [0.1, 0.15) is 0 Å². The largest absolute Gasteiger partial charge is 0.467 e. The van der Waals surface area contributed by atoms with Crippen molar-refractivity contribution in [3.05, 3.63) is 45.4 Å². The van der Waals surface area contributed by atoms with E-state index < -0.39 is 6.04 Å². The molecule has 100 valence electrons. The van der Waals surface area contributed by atoms with Gasteiger partial charge in [-0.25, -0.2) is 9.78 Å². The first-order valence-corrected chi connectivity index (χ1v) is 6.87. The van der Waals surface area contributed by atoms with Crippen LogP contribution in [0.4, 0.5) is 5.69 Å². The van der Waals surface area contributed by atoms with Crippen LogP contribution in [-0.2, 0) is 9.53 Å². The van der Waals surface area contributed by atoms with Gasteiger partial charge in [-0.3, -0.25) is 0 Å². The van der Waals surface area contributed by atoms with E-state index in [1.165, 1.54) is 18.4 Å². The molecule has 1 unspecified atom stereocenters. The number of benzene rings is 1. The summed E-state index contributed by atoms with van der Waals surface area (Å²) < 4.78 is 4.84. The Bertz CT molecular complexity index is 586. The van der Waals surface area contributed by atoms with Crippen LogP contribution < -0.4 is 5.32 Å². The fraction of sp³-hybridized carbons (Fsp3) is 0.231. The summed E-state index contributed by atoms with van der Waals surface area (Å²) in [4.78, 5) is 16.9. The van der Waals surface area contributed by atoms with E-state index in [2.05, 4.69) is 10.3 Å². The molecular formula is C13H13ClN2O2S. The molecule has 1 aromatic heterocycles. The minimum Gasteiger partial charge on any atom is -0.467 e. The van der Waals surface area contributed by atoms with Gasteiger partial charge in [-0.1, -0.05) is 17.7 Å². The molecule has 0 aliphatic carbocycles. The van der Waals surface area contributed by atoms with Crippen LogP contribution in [0, 0.1) is 6.92 Å². The zero-order valence-electron chi connectivity index (χ0n) is 10.5. The van der Waals surface area contributed by atoms with Crippen LogP contribution in [0.3, 0.4) is 0 Å². The fourth-order valence-corrected chi connectivity index (χ4v) is 2.71. The minimum absolute atomic E-state index is 0.354. The van der Waals surface area contributed by atoms with Crippen LogP contribution in [0.25, 0.3) is 0 Å². The lowest BCUT2D eigenvalue weighted by Crippen LogP contribution is -2.22. The number of aryl methyl sites for hydroxylation is 1. The second-order valence-electron chi connectivity index (χ2n) is 3.91. The topological polar surface area (TPSA) is 51.2 Å². The van der Waals surface area contributed by atoms with Crippen LogP contribution in [-0.4, -0.2) is 18.1 Å². The maximum Gasteiger partial charge on any atom is 0.333 e. The number of nitrogens with zero attached hydrogens (tertiary/aromatic N) is 1. The second-order valence-corrected chi connectivity index (χ2v) is 5.24. The van der Waals surface area contributed by atoms with E-state index in [0.717, 1.165) is 16.3 Å². The van der Waals surface area contributed by atoms with E-state index in [1.54, 1.807) is 17.6 Å². The Morgan fingerprint density at radius 3 is 2.89 bits per heavy atom. The van der Waals surface area contributed by atoms with Crippen molar-refractivity contribution in [2.24, 2.45) is 0 Å². The molecule has 0 radical (unpaired) electrons. The third-order valence-electron chi connectivity index (χ3n) is 2.62. The third kappa shape index (κ3) is 3.24. The number of thiazole rings is 1. The number of halogens is 1. The molecule has 4 nitrogen and oxygen atoms in total. The Kier molecular flexibility index (Phi) is 4.39. The van der Waals surface area contributed by atoms with Gasteiger partial charge >= 0.3 is 5.97 Å². The predicted octanol–water partition coefficient (Wildman–Crippen LogP) is 3.43. The lowest BCUT2D eigenvalue weighted by molar-refractivity contribution is -0.141. The number of rotatable bonds is 4. The summed E-state index contributed by atoms with van der Waals surface area (Å²) in [5.41, 5.74) is 3.28. The Labute approximate surface area is 120 Å². The molecule has 1 N–H and O–H groups in total. The molecule has 1 heterocycles. The van der Waals surface area contributed by atoms with Crippen molar-refractivity contribution >= 4 is 34.6 Å². The van der Waals surface area contributed by atoms with Crippen LogP contribution >= 0.6 is 22.9 Å². The quantitative estimate of drug-likeness (QED) is 0.878. The average Bonchev–Trinajstić information content (AvgIpc) is 2.81. The highest BCUT2D eigenvalue weighted by Crippen LogP contribution is 2.27. The molecular weight excluding hydrogens is 284 g/mol. The highest BCUT2D eigenvalue weighted by atomic mass is 35.5. The average molecular weight is 297 g/mol. The minimum atomic E-state index is -0.573. The molecule has 0 saturated heterocycles. The van der Waals surface area contributed by atoms with E-state index in [1.807, 2.05) is 19.1 Å². The standard InChI is InChI=1S/C13H13ClN2O2S/c1-8-12(19-7-15-8)11(13(17)18-2)16-10-5-3-4-9(14)6-10/h3-7,11,16H,1-2H3. The second kappa shape index (κ2) is 6.04. The Morgan fingerprint density at radius 1 is 1.53 bits per heavy atom. The molecule has 0 saturated carbocycles. The van der Waals surface area contributed by atoms with Crippen molar-refractivity contribution in [2.75, 3.05) is 12.4 Å². The molecule has 1 aromatic carbocycles. The summed E-state index contributed by atoms with van der Waals surface area (Å²) in [6.07, 6.45) is 0. The summed E-state index contributed by atoms with van der Waals surface area (Å²) in [5.74, 6) is -0.354. The number of anilines is 1. The molecule has 1 atom stereocenters. The van der Waals surface area contributed by atoms with Crippen molar-refractivity contribution in [3.8, 4) is 0 Å². The van der Waals surface area contributed by atoms with Gasteiger partial charge in [0, 0.05) is 10.7 Å². The van der Waals surface area contributed by atoms with Gasteiger partial charge < -0.3 is 10.1 Å². The number of carbonyl (C=O) groups excluding carboxylic acids is 1. The van der Waals surface area contributed by atoms with Crippen LogP contribution in [0.1, 0.15) is 16.6 Å². The van der Waals surface area contributed by atoms with Gasteiger partial charge in [0.2, 0.25) is 0 Å². The van der Waals surface area contributed by atoms with Crippen molar-refractivity contribution in [1.82, 2.24) is 4.98 Å². The number of carbonyl (C=O) groups is 1. The van der Waals surface area contributed by atoms with E-state index in [9.17, 15) is 4.79 Å². The van der Waals surface area contributed by atoms with Crippen LogP contribution in [0.2, 0.25) is 5.02 Å². The van der Waals surface area contributed by atoms with Crippen molar-refractivity contribution in [1.29, 1.82) is 0 Å². The molecule has 0 amide bonds. The van der Waals surface area contributed by atoms with E-state index >= 15 is 0 Å². The lowest BCUT2D eigenvalue weighted by atomic mass is 10.2. The number of ether oxygens (including phenoxy) is 1. The van der Waals surface area contributed by atoms with E-state index in [0.29, 0.717) is 5.02 Å². The van der Waals surface area contributed by atoms with Gasteiger partial charge in [0.25, 0.3) is 0 Å². The zero-order valence-corrected chi connectivity index (χ0v) is 12.1. The molecule has 0 aliphatic rings. The molecule has 0 spiro atoms. The van der Waals surface area contributed by atoms with Crippen LogP contribution in [0.15, 0.2) is 29.8 Å². The number of nitrogens with one attached hydrogen (secondary N) is 1. The first-order chi connectivity index (χ1) is 9.11. The first kappa shape index (κ1) is 13.8. The van der Waals surface area contributed by atoms with Crippen molar-refractivity contribution in [3.63, 3.8) is 0 Å². The highest BCUT2D eigenvalue weighted by Gasteiger charge is 2.25. The molecule has 2 aromatic rings. The number of hydrogen-bond donors (Lipinski definition) is 1. The lowest BCUT2D eigenvalue weighted by Gasteiger charge is -2.17. The number of esters is 1. The normalized spacial score (nSPS) is 11.9. The number of hydrogen-bond acceptors (Lipinski definition) is 5. The monoisotopic (exact) mass is 296 g/mol. The molecule has 2 rings (SSSR count).